The first-order chi connectivity index (χ1) is 10.6. The molecule has 0 spiro atoms. The summed E-state index contributed by atoms with van der Waals surface area (Å²) in [5.41, 5.74) is 9.30. The van der Waals surface area contributed by atoms with Gasteiger partial charge in [0.05, 0.1) is 5.56 Å². The van der Waals surface area contributed by atoms with Crippen molar-refractivity contribution in [2.24, 2.45) is 0 Å². The summed E-state index contributed by atoms with van der Waals surface area (Å²) in [6.07, 6.45) is 0. The van der Waals surface area contributed by atoms with E-state index in [0.29, 0.717) is 17.8 Å². The normalized spacial score (nSPS) is 9.42. The van der Waals surface area contributed by atoms with Gasteiger partial charge in [0.2, 0.25) is 0 Å². The molecule has 0 aromatic heterocycles. The maximum atomic E-state index is 12.1. The molecule has 2 aromatic rings. The lowest BCUT2D eigenvalue weighted by atomic mass is 10.1. The van der Waals surface area contributed by atoms with Gasteiger partial charge in [-0.15, -0.1) is 24.8 Å². The van der Waals surface area contributed by atoms with Crippen LogP contribution in [0.1, 0.15) is 22.8 Å². The van der Waals surface area contributed by atoms with Crippen molar-refractivity contribution in [2.75, 3.05) is 30.3 Å². The second-order valence-corrected chi connectivity index (χ2v) is 5.21. The Hall–Kier alpha value is -1.91. The number of hydrogen-bond donors (Lipinski definition) is 2. The van der Waals surface area contributed by atoms with Crippen molar-refractivity contribution in [3.63, 3.8) is 0 Å². The maximum Gasteiger partial charge on any atom is 0.253 e. The van der Waals surface area contributed by atoms with Gasteiger partial charge in [-0.3, -0.25) is 4.79 Å². The van der Waals surface area contributed by atoms with E-state index in [0.717, 1.165) is 13.1 Å². The van der Waals surface area contributed by atoms with Crippen LogP contribution in [0.2, 0.25) is 0 Å². The number of carbonyl (C=O) groups is 1. The van der Waals surface area contributed by atoms with Crippen LogP contribution in [0, 0.1) is 6.92 Å². The Morgan fingerprint density at radius 1 is 1.08 bits per heavy atom. The molecular formula is C18H25Cl2N3O. The van der Waals surface area contributed by atoms with Gasteiger partial charge < -0.3 is 16.0 Å². The van der Waals surface area contributed by atoms with Crippen LogP contribution in [-0.2, 0) is 0 Å². The third kappa shape index (κ3) is 5.62. The number of likely N-dealkylation sites (N-methyl/N-ethyl adjacent to an activating group) is 1. The van der Waals surface area contributed by atoms with Crippen LogP contribution >= 0.6 is 24.8 Å². The van der Waals surface area contributed by atoms with Crippen molar-refractivity contribution in [3.05, 3.63) is 59.7 Å². The van der Waals surface area contributed by atoms with Crippen LogP contribution < -0.4 is 16.0 Å². The van der Waals surface area contributed by atoms with E-state index >= 15 is 0 Å². The van der Waals surface area contributed by atoms with E-state index in [1.54, 1.807) is 12.1 Å². The van der Waals surface area contributed by atoms with E-state index in [4.69, 9.17) is 5.73 Å². The third-order valence-electron chi connectivity index (χ3n) is 3.71. The average Bonchev–Trinajstić information content (AvgIpc) is 2.53. The number of nitrogens with two attached hydrogens (primary N) is 1. The fourth-order valence-corrected chi connectivity index (χ4v) is 2.47. The summed E-state index contributed by atoms with van der Waals surface area (Å²) in [4.78, 5) is 14.4. The topological polar surface area (TPSA) is 58.4 Å². The van der Waals surface area contributed by atoms with Crippen LogP contribution in [0.25, 0.3) is 0 Å². The number of anilines is 2. The molecule has 4 nitrogen and oxygen atoms in total. The Labute approximate surface area is 156 Å². The molecular weight excluding hydrogens is 345 g/mol. The molecule has 0 atom stereocenters. The zero-order valence-corrected chi connectivity index (χ0v) is 15.6. The molecule has 0 radical (unpaired) electrons. The lowest BCUT2D eigenvalue weighted by molar-refractivity contribution is 0.0955. The van der Waals surface area contributed by atoms with E-state index in [-0.39, 0.29) is 30.7 Å². The molecule has 132 valence electrons. The molecule has 2 aromatic carbocycles. The predicted molar refractivity (Wildman–Crippen MR) is 107 cm³/mol. The van der Waals surface area contributed by atoms with Crippen LogP contribution in [-0.4, -0.2) is 25.5 Å². The highest BCUT2D eigenvalue weighted by Gasteiger charge is 2.10. The molecule has 0 fully saturated rings. The highest BCUT2D eigenvalue weighted by atomic mass is 35.5. The number of benzene rings is 2. The lowest BCUT2D eigenvalue weighted by Gasteiger charge is -2.25. The summed E-state index contributed by atoms with van der Waals surface area (Å²) < 4.78 is 0. The molecule has 0 aliphatic rings. The summed E-state index contributed by atoms with van der Waals surface area (Å²) in [5, 5.41) is 2.93. The lowest BCUT2D eigenvalue weighted by Crippen LogP contribution is -2.35. The molecule has 0 bridgehead atoms. The second kappa shape index (κ2) is 10.8. The highest BCUT2D eigenvalue weighted by molar-refractivity contribution is 5.99. The second-order valence-electron chi connectivity index (χ2n) is 5.21. The zero-order chi connectivity index (χ0) is 15.9. The van der Waals surface area contributed by atoms with Crippen molar-refractivity contribution in [3.8, 4) is 0 Å². The van der Waals surface area contributed by atoms with E-state index in [1.165, 1.54) is 11.3 Å². The molecule has 0 saturated heterocycles. The number of nitrogens with one attached hydrogen (secondary N) is 1. The van der Waals surface area contributed by atoms with Crippen molar-refractivity contribution in [2.45, 2.75) is 13.8 Å². The fraction of sp³-hybridized carbons (Fsp3) is 0.278. The highest BCUT2D eigenvalue weighted by Crippen LogP contribution is 2.18. The molecule has 0 aliphatic carbocycles. The van der Waals surface area contributed by atoms with E-state index in [9.17, 15) is 4.79 Å². The minimum absolute atomic E-state index is 0. The minimum Gasteiger partial charge on any atom is -0.398 e. The Balaban J connectivity index is 0.00000264. The third-order valence-corrected chi connectivity index (χ3v) is 3.71. The number of nitrogen functional groups attached to an aromatic ring is 1. The Morgan fingerprint density at radius 2 is 1.71 bits per heavy atom. The molecule has 3 N–H and O–H groups in total. The SMILES string of the molecule is CCN(CCNC(=O)c1ccccc1N)c1ccccc1C.Cl.Cl. The first kappa shape index (κ1) is 22.1. The van der Waals surface area contributed by atoms with Crippen LogP contribution in [0.4, 0.5) is 11.4 Å². The number of halogens is 2. The molecule has 0 unspecified atom stereocenters. The summed E-state index contributed by atoms with van der Waals surface area (Å²) in [6, 6.07) is 15.4. The number of amides is 1. The maximum absolute atomic E-state index is 12.1. The van der Waals surface area contributed by atoms with Gasteiger partial charge in [0.1, 0.15) is 0 Å². The number of carbonyl (C=O) groups excluding carboxylic acids is 1. The quantitative estimate of drug-likeness (QED) is 0.763. The summed E-state index contributed by atoms with van der Waals surface area (Å²) in [6.45, 7) is 6.45. The van der Waals surface area contributed by atoms with Gasteiger partial charge in [-0.2, -0.15) is 0 Å². The van der Waals surface area contributed by atoms with E-state index in [2.05, 4.69) is 36.2 Å². The Kier molecular flexibility index (Phi) is 9.93. The van der Waals surface area contributed by atoms with Crippen molar-refractivity contribution < 1.29 is 4.79 Å². The molecule has 6 heteroatoms. The smallest absolute Gasteiger partial charge is 0.253 e. The largest absolute Gasteiger partial charge is 0.398 e. The number of aryl methyl sites for hydroxylation is 1. The van der Waals surface area contributed by atoms with Crippen LogP contribution in [0.15, 0.2) is 48.5 Å². The van der Waals surface area contributed by atoms with Crippen LogP contribution in [0.3, 0.4) is 0 Å². The number of hydrogen-bond acceptors (Lipinski definition) is 3. The Bertz CT molecular complexity index is 650. The first-order valence-corrected chi connectivity index (χ1v) is 7.56. The molecule has 0 heterocycles. The van der Waals surface area contributed by atoms with Crippen molar-refractivity contribution >= 4 is 42.1 Å². The zero-order valence-electron chi connectivity index (χ0n) is 14.0. The Morgan fingerprint density at radius 3 is 2.33 bits per heavy atom. The van der Waals surface area contributed by atoms with E-state index in [1.807, 2.05) is 24.3 Å². The summed E-state index contributed by atoms with van der Waals surface area (Å²) in [5.74, 6) is -0.126. The fourth-order valence-electron chi connectivity index (χ4n) is 2.47. The van der Waals surface area contributed by atoms with E-state index < -0.39 is 0 Å². The average molecular weight is 370 g/mol. The first-order valence-electron chi connectivity index (χ1n) is 7.56. The van der Waals surface area contributed by atoms with Gasteiger partial charge in [-0.05, 0) is 37.6 Å². The van der Waals surface area contributed by atoms with Crippen LogP contribution in [0.5, 0.6) is 0 Å². The molecule has 0 aliphatic heterocycles. The van der Waals surface area contributed by atoms with Gasteiger partial charge in [-0.1, -0.05) is 30.3 Å². The molecule has 2 rings (SSSR count). The van der Waals surface area contributed by atoms with Gasteiger partial charge in [0.15, 0.2) is 0 Å². The van der Waals surface area contributed by atoms with Gasteiger partial charge in [0.25, 0.3) is 5.91 Å². The van der Waals surface area contributed by atoms with Crippen molar-refractivity contribution in [1.82, 2.24) is 5.32 Å². The minimum atomic E-state index is -0.126. The van der Waals surface area contributed by atoms with Gasteiger partial charge in [-0.25, -0.2) is 0 Å². The molecule has 24 heavy (non-hydrogen) atoms. The molecule has 1 amide bonds. The number of nitrogens with zero attached hydrogens (tertiary/aromatic N) is 1. The molecule has 0 saturated carbocycles. The predicted octanol–water partition coefficient (Wildman–Crippen LogP) is 3.68. The number of rotatable bonds is 6. The number of para-hydroxylation sites is 2. The summed E-state index contributed by atoms with van der Waals surface area (Å²) >= 11 is 0. The summed E-state index contributed by atoms with van der Waals surface area (Å²) in [7, 11) is 0. The monoisotopic (exact) mass is 369 g/mol. The van der Waals surface area contributed by atoms with Crippen molar-refractivity contribution in [1.29, 1.82) is 0 Å². The van der Waals surface area contributed by atoms with Gasteiger partial charge >= 0.3 is 0 Å². The van der Waals surface area contributed by atoms with Gasteiger partial charge in [0, 0.05) is 31.0 Å². The standard InChI is InChI=1S/C18H23N3O.2ClH/c1-3-21(17-11-7-4-8-14(17)2)13-12-20-18(22)15-9-5-6-10-16(15)19;;/h4-11H,3,12-13,19H2,1-2H3,(H,20,22);2*1H.